The molecule has 1 aromatic rings. The molecule has 0 atom stereocenters. The predicted octanol–water partition coefficient (Wildman–Crippen LogP) is 0.239. The normalized spacial score (nSPS) is 11.9. The van der Waals surface area contributed by atoms with E-state index < -0.39 is 0 Å². The van der Waals surface area contributed by atoms with Gasteiger partial charge in [0.2, 0.25) is 5.96 Å². The van der Waals surface area contributed by atoms with E-state index >= 15 is 0 Å². The molecule has 0 fully saturated rings. The number of hydrogen-bond acceptors (Lipinski definition) is 4. The zero-order chi connectivity index (χ0) is 11.1. The van der Waals surface area contributed by atoms with Crippen molar-refractivity contribution in [3.05, 3.63) is 18.0 Å². The van der Waals surface area contributed by atoms with Crippen LogP contribution < -0.4 is 16.6 Å². The van der Waals surface area contributed by atoms with Crippen LogP contribution in [0.2, 0.25) is 0 Å². The van der Waals surface area contributed by atoms with Gasteiger partial charge in [0, 0.05) is 12.6 Å². The molecule has 0 amide bonds. The average molecular weight is 211 g/mol. The SMILES string of the molecule is CC(C)CNC(=NCc1ccno1)NN. The number of nitrogens with two attached hydrogens (primary N) is 1. The molecule has 4 N–H and O–H groups in total. The van der Waals surface area contributed by atoms with Gasteiger partial charge in [-0.15, -0.1) is 0 Å². The van der Waals surface area contributed by atoms with Crippen LogP contribution in [0.25, 0.3) is 0 Å². The smallest absolute Gasteiger partial charge is 0.206 e. The van der Waals surface area contributed by atoms with E-state index in [1.165, 1.54) is 0 Å². The highest BCUT2D eigenvalue weighted by atomic mass is 16.5. The largest absolute Gasteiger partial charge is 0.359 e. The highest BCUT2D eigenvalue weighted by molar-refractivity contribution is 5.79. The fourth-order valence-electron chi connectivity index (χ4n) is 0.934. The van der Waals surface area contributed by atoms with Crippen molar-refractivity contribution < 1.29 is 4.52 Å². The number of nitrogens with zero attached hydrogens (tertiary/aromatic N) is 2. The van der Waals surface area contributed by atoms with Gasteiger partial charge >= 0.3 is 0 Å². The highest BCUT2D eigenvalue weighted by Gasteiger charge is 1.99. The van der Waals surface area contributed by atoms with Crippen LogP contribution in [0, 0.1) is 5.92 Å². The molecule has 6 heteroatoms. The van der Waals surface area contributed by atoms with E-state index in [2.05, 4.69) is 34.7 Å². The summed E-state index contributed by atoms with van der Waals surface area (Å²) in [6.07, 6.45) is 1.59. The number of guanidine groups is 1. The number of hydrogen-bond donors (Lipinski definition) is 3. The lowest BCUT2D eigenvalue weighted by atomic mass is 10.2. The Hall–Kier alpha value is -1.56. The fraction of sp³-hybridized carbons (Fsp3) is 0.556. The van der Waals surface area contributed by atoms with Crippen LogP contribution in [0.3, 0.4) is 0 Å². The molecule has 6 nitrogen and oxygen atoms in total. The van der Waals surface area contributed by atoms with Crippen molar-refractivity contribution in [2.24, 2.45) is 16.8 Å². The Morgan fingerprint density at radius 3 is 3.00 bits per heavy atom. The van der Waals surface area contributed by atoms with E-state index in [0.29, 0.717) is 24.2 Å². The van der Waals surface area contributed by atoms with Gasteiger partial charge in [-0.25, -0.2) is 10.8 Å². The number of aliphatic imine (C=N–C) groups is 1. The van der Waals surface area contributed by atoms with Crippen LogP contribution in [0.15, 0.2) is 21.8 Å². The van der Waals surface area contributed by atoms with Crippen molar-refractivity contribution in [2.75, 3.05) is 6.54 Å². The number of rotatable bonds is 4. The van der Waals surface area contributed by atoms with Gasteiger partial charge in [0.1, 0.15) is 6.54 Å². The summed E-state index contributed by atoms with van der Waals surface area (Å²) in [6, 6.07) is 1.76. The molecule has 15 heavy (non-hydrogen) atoms. The fourth-order valence-corrected chi connectivity index (χ4v) is 0.934. The van der Waals surface area contributed by atoms with E-state index in [9.17, 15) is 0 Å². The molecule has 0 aromatic carbocycles. The van der Waals surface area contributed by atoms with Crippen molar-refractivity contribution in [1.82, 2.24) is 15.9 Å². The summed E-state index contributed by atoms with van der Waals surface area (Å²) in [4.78, 5) is 4.19. The lowest BCUT2D eigenvalue weighted by Gasteiger charge is -2.10. The third-order valence-electron chi connectivity index (χ3n) is 1.70. The topological polar surface area (TPSA) is 88.5 Å². The summed E-state index contributed by atoms with van der Waals surface area (Å²) in [7, 11) is 0. The Bertz CT molecular complexity index is 293. The summed E-state index contributed by atoms with van der Waals surface area (Å²) >= 11 is 0. The molecule has 84 valence electrons. The number of hydrazine groups is 1. The van der Waals surface area contributed by atoms with Gasteiger partial charge in [-0.2, -0.15) is 0 Å². The molecule has 0 unspecified atom stereocenters. The summed E-state index contributed by atoms with van der Waals surface area (Å²) < 4.78 is 4.90. The summed E-state index contributed by atoms with van der Waals surface area (Å²) in [6.45, 7) is 5.46. The maximum Gasteiger partial charge on any atom is 0.206 e. The minimum Gasteiger partial charge on any atom is -0.359 e. The maximum atomic E-state index is 5.31. The molecule has 0 spiro atoms. The standard InChI is InChI=1S/C9H17N5O/c1-7(2)5-11-9(14-10)12-6-8-3-4-13-15-8/h3-4,7H,5-6,10H2,1-2H3,(H2,11,12,14). The van der Waals surface area contributed by atoms with Crippen LogP contribution in [0.5, 0.6) is 0 Å². The average Bonchev–Trinajstić information content (AvgIpc) is 2.70. The van der Waals surface area contributed by atoms with Crippen LogP contribution in [-0.2, 0) is 6.54 Å². The third kappa shape index (κ3) is 4.46. The summed E-state index contributed by atoms with van der Waals surface area (Å²) in [5, 5.41) is 6.67. The van der Waals surface area contributed by atoms with Gasteiger partial charge in [0.25, 0.3) is 0 Å². The minimum absolute atomic E-state index is 0.421. The first kappa shape index (κ1) is 11.5. The molecule has 0 radical (unpaired) electrons. The Kier molecular flexibility index (Phi) is 4.62. The van der Waals surface area contributed by atoms with E-state index in [-0.39, 0.29) is 0 Å². The molecule has 1 aromatic heterocycles. The van der Waals surface area contributed by atoms with Crippen molar-refractivity contribution >= 4 is 5.96 Å². The third-order valence-corrected chi connectivity index (χ3v) is 1.70. The Morgan fingerprint density at radius 2 is 2.47 bits per heavy atom. The second-order valence-electron chi connectivity index (χ2n) is 3.56. The number of aromatic nitrogens is 1. The zero-order valence-electron chi connectivity index (χ0n) is 9.03. The Labute approximate surface area is 88.9 Å². The predicted molar refractivity (Wildman–Crippen MR) is 57.8 cm³/mol. The second kappa shape index (κ2) is 6.02. The molecule has 1 heterocycles. The highest BCUT2D eigenvalue weighted by Crippen LogP contribution is 1.97. The Balaban J connectivity index is 2.40. The van der Waals surface area contributed by atoms with E-state index in [4.69, 9.17) is 10.4 Å². The van der Waals surface area contributed by atoms with Crippen LogP contribution >= 0.6 is 0 Å². The molecule has 0 aliphatic carbocycles. The van der Waals surface area contributed by atoms with Gasteiger partial charge < -0.3 is 9.84 Å². The lowest BCUT2D eigenvalue weighted by Crippen LogP contribution is -2.42. The molecular formula is C9H17N5O. The van der Waals surface area contributed by atoms with Crippen molar-refractivity contribution in [3.8, 4) is 0 Å². The number of nitrogens with one attached hydrogen (secondary N) is 2. The van der Waals surface area contributed by atoms with Gasteiger partial charge in [0.05, 0.1) is 6.20 Å². The van der Waals surface area contributed by atoms with Crippen LogP contribution in [0.4, 0.5) is 0 Å². The molecule has 0 saturated heterocycles. The molecular weight excluding hydrogens is 194 g/mol. The monoisotopic (exact) mass is 211 g/mol. The van der Waals surface area contributed by atoms with Gasteiger partial charge in [-0.3, -0.25) is 5.43 Å². The molecule has 0 aliphatic heterocycles. The van der Waals surface area contributed by atoms with Gasteiger partial charge in [-0.1, -0.05) is 19.0 Å². The summed E-state index contributed by atoms with van der Waals surface area (Å²) in [5.41, 5.74) is 2.50. The van der Waals surface area contributed by atoms with E-state index in [0.717, 1.165) is 6.54 Å². The van der Waals surface area contributed by atoms with Crippen LogP contribution in [-0.4, -0.2) is 17.7 Å². The zero-order valence-corrected chi connectivity index (χ0v) is 9.03. The van der Waals surface area contributed by atoms with Crippen molar-refractivity contribution in [2.45, 2.75) is 20.4 Å². The first-order valence-corrected chi connectivity index (χ1v) is 4.87. The summed E-state index contributed by atoms with van der Waals surface area (Å²) in [5.74, 6) is 7.10. The van der Waals surface area contributed by atoms with Crippen molar-refractivity contribution in [3.63, 3.8) is 0 Å². The van der Waals surface area contributed by atoms with E-state index in [1.54, 1.807) is 12.3 Å². The molecule has 1 rings (SSSR count). The first-order valence-electron chi connectivity index (χ1n) is 4.87. The van der Waals surface area contributed by atoms with Crippen LogP contribution in [0.1, 0.15) is 19.6 Å². The molecule has 0 bridgehead atoms. The Morgan fingerprint density at radius 1 is 1.67 bits per heavy atom. The van der Waals surface area contributed by atoms with Gasteiger partial charge in [-0.05, 0) is 5.92 Å². The second-order valence-corrected chi connectivity index (χ2v) is 3.56. The van der Waals surface area contributed by atoms with Crippen molar-refractivity contribution in [1.29, 1.82) is 0 Å². The molecule has 0 saturated carbocycles. The quantitative estimate of drug-likeness (QED) is 0.287. The van der Waals surface area contributed by atoms with E-state index in [1.807, 2.05) is 0 Å². The van der Waals surface area contributed by atoms with Gasteiger partial charge in [0.15, 0.2) is 5.76 Å². The molecule has 0 aliphatic rings. The first-order chi connectivity index (χ1) is 7.22. The maximum absolute atomic E-state index is 5.31. The lowest BCUT2D eigenvalue weighted by molar-refractivity contribution is 0.385. The minimum atomic E-state index is 0.421.